The number of primary amides is 1. The van der Waals surface area contributed by atoms with Crippen molar-refractivity contribution in [3.63, 3.8) is 0 Å². The van der Waals surface area contributed by atoms with E-state index in [0.717, 1.165) is 37.2 Å². The van der Waals surface area contributed by atoms with Crippen LogP contribution in [0.1, 0.15) is 85.6 Å². The molecule has 2 N–H and O–H groups in total. The lowest BCUT2D eigenvalue weighted by Crippen LogP contribution is -2.27. The third-order valence-electron chi connectivity index (χ3n) is 7.66. The minimum Gasteiger partial charge on any atom is -0.493 e. The standard InChI is InChI=1S/C26H40O5.C5H11NO2/c1-16(2)20-12-19(24-15-21(17(3)4)26(27)31-24)13-22(20)18-8-9-23(29-6)25(14-18)30-11-7-10-28-5;1-5(2,3)8-4(6)7/h8-9,14,16-17,19-22,24H,7,10-13,15H2,1-6H3;1-3H3,(H2,6,7)/t19-,20?,21+,22+,24?;/m1./s1. The molecular weight excluding hydrogens is 498 g/mol. The number of methoxy groups -OCH3 is 2. The molecule has 0 bridgehead atoms. The van der Waals surface area contributed by atoms with Crippen molar-refractivity contribution in [2.75, 3.05) is 27.4 Å². The number of cyclic esters (lactones) is 1. The van der Waals surface area contributed by atoms with Gasteiger partial charge in [-0.15, -0.1) is 0 Å². The van der Waals surface area contributed by atoms with Gasteiger partial charge in [-0.05, 0) is 87.3 Å². The lowest BCUT2D eigenvalue weighted by Gasteiger charge is -2.24. The normalized spacial score (nSPS) is 24.8. The Bertz CT molecular complexity index is 924. The molecule has 8 nitrogen and oxygen atoms in total. The van der Waals surface area contributed by atoms with E-state index < -0.39 is 11.7 Å². The maximum atomic E-state index is 12.4. The zero-order chi connectivity index (χ0) is 29.3. The molecule has 2 unspecified atom stereocenters. The van der Waals surface area contributed by atoms with Crippen LogP contribution in [0.25, 0.3) is 0 Å². The first kappa shape index (κ1) is 32.7. The summed E-state index contributed by atoms with van der Waals surface area (Å²) in [6.45, 7) is 15.4. The number of amides is 1. The number of ether oxygens (including phenoxy) is 5. The quantitative estimate of drug-likeness (QED) is 0.268. The highest BCUT2D eigenvalue weighted by Gasteiger charge is 2.46. The highest BCUT2D eigenvalue weighted by Crippen LogP contribution is 2.51. The summed E-state index contributed by atoms with van der Waals surface area (Å²) in [6.07, 6.45) is 3.22. The summed E-state index contributed by atoms with van der Waals surface area (Å²) in [7, 11) is 3.38. The van der Waals surface area contributed by atoms with Crippen molar-refractivity contribution in [3.8, 4) is 11.5 Å². The second kappa shape index (κ2) is 14.8. The molecule has 39 heavy (non-hydrogen) atoms. The molecule has 222 valence electrons. The molecule has 1 aliphatic carbocycles. The topological polar surface area (TPSA) is 106 Å². The molecule has 0 aromatic heterocycles. The molecule has 8 heteroatoms. The zero-order valence-corrected chi connectivity index (χ0v) is 25.5. The Morgan fingerprint density at radius 3 is 2.21 bits per heavy atom. The average molecular weight is 550 g/mol. The molecule has 0 spiro atoms. The largest absolute Gasteiger partial charge is 0.493 e. The van der Waals surface area contributed by atoms with Crippen molar-refractivity contribution in [3.05, 3.63) is 23.8 Å². The summed E-state index contributed by atoms with van der Waals surface area (Å²) < 4.78 is 27.1. The van der Waals surface area contributed by atoms with Crippen molar-refractivity contribution in [2.45, 2.75) is 91.8 Å². The molecule has 1 aromatic carbocycles. The van der Waals surface area contributed by atoms with Gasteiger partial charge in [0.1, 0.15) is 11.7 Å². The summed E-state index contributed by atoms with van der Waals surface area (Å²) in [6, 6.07) is 6.36. The van der Waals surface area contributed by atoms with Crippen LogP contribution in [0.2, 0.25) is 0 Å². The summed E-state index contributed by atoms with van der Waals surface area (Å²) in [5.41, 5.74) is 5.56. The van der Waals surface area contributed by atoms with Crippen molar-refractivity contribution < 1.29 is 33.3 Å². The third kappa shape index (κ3) is 9.89. The van der Waals surface area contributed by atoms with Crippen LogP contribution in [0.5, 0.6) is 11.5 Å². The molecule has 2 fully saturated rings. The van der Waals surface area contributed by atoms with E-state index in [-0.39, 0.29) is 18.0 Å². The van der Waals surface area contributed by atoms with Gasteiger partial charge in [0.25, 0.3) is 0 Å². The van der Waals surface area contributed by atoms with Crippen LogP contribution < -0.4 is 15.2 Å². The summed E-state index contributed by atoms with van der Waals surface area (Å²) in [5.74, 6) is 3.96. The number of esters is 1. The summed E-state index contributed by atoms with van der Waals surface area (Å²) in [5, 5.41) is 0. The van der Waals surface area contributed by atoms with Crippen LogP contribution in [0.15, 0.2) is 18.2 Å². The molecule has 1 amide bonds. The lowest BCUT2D eigenvalue weighted by molar-refractivity contribution is -0.146. The predicted octanol–water partition coefficient (Wildman–Crippen LogP) is 6.34. The molecule has 2 aliphatic rings. The van der Waals surface area contributed by atoms with Crippen molar-refractivity contribution >= 4 is 12.1 Å². The van der Waals surface area contributed by atoms with E-state index in [1.807, 2.05) is 6.07 Å². The fourth-order valence-corrected chi connectivity index (χ4v) is 5.72. The molecule has 5 atom stereocenters. The van der Waals surface area contributed by atoms with E-state index in [1.54, 1.807) is 35.0 Å². The fourth-order valence-electron chi connectivity index (χ4n) is 5.72. The van der Waals surface area contributed by atoms with Gasteiger partial charge in [0.2, 0.25) is 0 Å². The highest BCUT2D eigenvalue weighted by molar-refractivity contribution is 5.75. The third-order valence-corrected chi connectivity index (χ3v) is 7.66. The van der Waals surface area contributed by atoms with E-state index in [0.29, 0.717) is 42.8 Å². The molecule has 1 saturated heterocycles. The molecule has 3 rings (SSSR count). The Balaban J connectivity index is 0.000000580. The number of carbonyl (C=O) groups is 2. The minimum atomic E-state index is -0.725. The van der Waals surface area contributed by atoms with Crippen LogP contribution in [-0.2, 0) is 19.0 Å². The SMILES string of the molecule is CC(C)(C)OC(N)=O.COCCCOc1cc([C@@H]2C[C@H](C3C[C@@H](C(C)C)C(=O)O3)CC2C(C)C)ccc1OC. The van der Waals surface area contributed by atoms with E-state index in [1.165, 1.54) is 5.56 Å². The van der Waals surface area contributed by atoms with Gasteiger partial charge in [0.15, 0.2) is 11.5 Å². The highest BCUT2D eigenvalue weighted by atomic mass is 16.6. The molecular formula is C31H51NO7. The van der Waals surface area contributed by atoms with Gasteiger partial charge in [-0.3, -0.25) is 4.79 Å². The van der Waals surface area contributed by atoms with Gasteiger partial charge in [0.05, 0.1) is 19.6 Å². The Morgan fingerprint density at radius 1 is 1.03 bits per heavy atom. The smallest absolute Gasteiger partial charge is 0.405 e. The van der Waals surface area contributed by atoms with Crippen LogP contribution in [0, 0.1) is 29.6 Å². The van der Waals surface area contributed by atoms with Crippen LogP contribution in [0.4, 0.5) is 4.79 Å². The maximum absolute atomic E-state index is 12.4. The van der Waals surface area contributed by atoms with Crippen molar-refractivity contribution in [2.24, 2.45) is 35.3 Å². The predicted molar refractivity (Wildman–Crippen MR) is 152 cm³/mol. The van der Waals surface area contributed by atoms with Crippen LogP contribution >= 0.6 is 0 Å². The average Bonchev–Trinajstić information content (AvgIpc) is 3.45. The Morgan fingerprint density at radius 2 is 1.72 bits per heavy atom. The van der Waals surface area contributed by atoms with Gasteiger partial charge < -0.3 is 29.4 Å². The van der Waals surface area contributed by atoms with Crippen molar-refractivity contribution in [1.82, 2.24) is 0 Å². The zero-order valence-electron chi connectivity index (χ0n) is 25.5. The number of benzene rings is 1. The van der Waals surface area contributed by atoms with Crippen LogP contribution in [0.3, 0.4) is 0 Å². The van der Waals surface area contributed by atoms with Gasteiger partial charge in [-0.1, -0.05) is 33.8 Å². The van der Waals surface area contributed by atoms with E-state index in [4.69, 9.17) is 24.7 Å². The lowest BCUT2D eigenvalue weighted by atomic mass is 9.82. The first-order chi connectivity index (χ1) is 18.3. The summed E-state index contributed by atoms with van der Waals surface area (Å²) in [4.78, 5) is 22.4. The molecule has 0 radical (unpaired) electrons. The van der Waals surface area contributed by atoms with E-state index >= 15 is 0 Å². The number of hydrogen-bond donors (Lipinski definition) is 1. The van der Waals surface area contributed by atoms with Crippen LogP contribution in [-0.4, -0.2) is 51.2 Å². The van der Waals surface area contributed by atoms with Gasteiger partial charge in [-0.2, -0.15) is 0 Å². The Hall–Kier alpha value is -2.48. The fraction of sp³-hybridized carbons (Fsp3) is 0.742. The molecule has 1 aliphatic heterocycles. The van der Waals surface area contributed by atoms with Gasteiger partial charge >= 0.3 is 12.1 Å². The monoisotopic (exact) mass is 549 g/mol. The second-order valence-electron chi connectivity index (χ2n) is 12.4. The number of nitrogens with two attached hydrogens (primary N) is 1. The Labute approximate surface area is 235 Å². The van der Waals surface area contributed by atoms with Gasteiger partial charge in [-0.25, -0.2) is 4.79 Å². The molecule has 1 aromatic rings. The number of hydrogen-bond acceptors (Lipinski definition) is 7. The van der Waals surface area contributed by atoms with E-state index in [2.05, 4.69) is 44.6 Å². The minimum absolute atomic E-state index is 0.000685. The summed E-state index contributed by atoms with van der Waals surface area (Å²) >= 11 is 0. The second-order valence-corrected chi connectivity index (χ2v) is 12.4. The van der Waals surface area contributed by atoms with E-state index in [9.17, 15) is 9.59 Å². The number of rotatable bonds is 10. The Kier molecular flexibility index (Phi) is 12.4. The van der Waals surface area contributed by atoms with Crippen molar-refractivity contribution in [1.29, 1.82) is 0 Å². The molecule has 1 heterocycles. The first-order valence-electron chi connectivity index (χ1n) is 14.3. The first-order valence-corrected chi connectivity index (χ1v) is 14.3. The molecule has 1 saturated carbocycles. The maximum Gasteiger partial charge on any atom is 0.405 e. The van der Waals surface area contributed by atoms with Gasteiger partial charge in [0, 0.05) is 20.1 Å². The number of carbonyl (C=O) groups excluding carboxylic acids is 2.